The molecule has 1 aromatic heterocycles. The smallest absolute Gasteiger partial charge is 0.227 e. The van der Waals surface area contributed by atoms with Crippen LogP contribution in [0, 0.1) is 0 Å². The number of aromatic nitrogens is 1. The van der Waals surface area contributed by atoms with Gasteiger partial charge in [-0.05, 0) is 30.2 Å². The summed E-state index contributed by atoms with van der Waals surface area (Å²) in [4.78, 5) is 21.9. The second kappa shape index (κ2) is 7.04. The van der Waals surface area contributed by atoms with Crippen LogP contribution in [0.2, 0.25) is 0 Å². The lowest BCUT2D eigenvalue weighted by molar-refractivity contribution is -0.118. The predicted octanol–water partition coefficient (Wildman–Crippen LogP) is 3.22. The number of aryl methyl sites for hydroxylation is 1. The van der Waals surface area contributed by atoms with Gasteiger partial charge in [-0.1, -0.05) is 12.1 Å². The minimum absolute atomic E-state index is 0.176. The minimum atomic E-state index is 0.176. The Morgan fingerprint density at radius 2 is 2.22 bits per heavy atom. The summed E-state index contributed by atoms with van der Waals surface area (Å²) >= 11 is 1.79. The number of nitrogens with zero attached hydrogens (tertiary/aromatic N) is 3. The van der Waals surface area contributed by atoms with Gasteiger partial charge < -0.3 is 9.80 Å². The third-order valence-electron chi connectivity index (χ3n) is 3.98. The van der Waals surface area contributed by atoms with Crippen LogP contribution in [0.5, 0.6) is 0 Å². The third-order valence-corrected chi connectivity index (χ3v) is 5.02. The van der Waals surface area contributed by atoms with E-state index in [-0.39, 0.29) is 5.91 Å². The van der Waals surface area contributed by atoms with Crippen LogP contribution in [0.1, 0.15) is 12.0 Å². The average Bonchev–Trinajstić information content (AvgIpc) is 2.59. The van der Waals surface area contributed by atoms with Gasteiger partial charge in [-0.2, -0.15) is 0 Å². The number of benzene rings is 1. The molecule has 23 heavy (non-hydrogen) atoms. The lowest BCUT2D eigenvalue weighted by Crippen LogP contribution is -2.35. The summed E-state index contributed by atoms with van der Waals surface area (Å²) in [6.45, 7) is 0.764. The average molecular weight is 327 g/mol. The number of pyridine rings is 1. The first-order chi connectivity index (χ1) is 11.1. The summed E-state index contributed by atoms with van der Waals surface area (Å²) in [5.74, 6) is 1.12. The largest absolute Gasteiger partial charge is 0.378 e. The molecule has 0 bridgehead atoms. The van der Waals surface area contributed by atoms with E-state index in [1.165, 1.54) is 11.3 Å². The van der Waals surface area contributed by atoms with Gasteiger partial charge in [-0.15, -0.1) is 11.8 Å². The van der Waals surface area contributed by atoms with Crippen molar-refractivity contribution in [2.45, 2.75) is 17.7 Å². The van der Waals surface area contributed by atoms with Gasteiger partial charge in [-0.3, -0.25) is 9.78 Å². The topological polar surface area (TPSA) is 36.4 Å². The molecule has 3 rings (SSSR count). The Morgan fingerprint density at radius 3 is 3.04 bits per heavy atom. The Morgan fingerprint density at radius 1 is 1.35 bits per heavy atom. The van der Waals surface area contributed by atoms with Gasteiger partial charge in [0.05, 0.1) is 11.9 Å². The first kappa shape index (κ1) is 15.9. The number of hydrogen-bond donors (Lipinski definition) is 0. The fourth-order valence-electron chi connectivity index (χ4n) is 2.70. The van der Waals surface area contributed by atoms with Gasteiger partial charge >= 0.3 is 0 Å². The SMILES string of the molecule is CN(C)c1cccc(CCC(=O)N2CCSc3ccncc32)c1. The zero-order valence-corrected chi connectivity index (χ0v) is 14.3. The predicted molar refractivity (Wildman–Crippen MR) is 96.4 cm³/mol. The second-order valence-corrected chi connectivity index (χ2v) is 6.94. The first-order valence-electron chi connectivity index (χ1n) is 7.78. The Balaban J connectivity index is 1.68. The zero-order valence-electron chi connectivity index (χ0n) is 13.5. The van der Waals surface area contributed by atoms with E-state index >= 15 is 0 Å². The van der Waals surface area contributed by atoms with E-state index in [1.54, 1.807) is 24.2 Å². The number of hydrogen-bond acceptors (Lipinski definition) is 4. The molecule has 0 N–H and O–H groups in total. The first-order valence-corrected chi connectivity index (χ1v) is 8.77. The number of amides is 1. The number of anilines is 2. The number of carbonyl (C=O) groups is 1. The van der Waals surface area contributed by atoms with Crippen molar-refractivity contribution in [3.63, 3.8) is 0 Å². The molecular weight excluding hydrogens is 306 g/mol. The van der Waals surface area contributed by atoms with E-state index in [9.17, 15) is 4.79 Å². The maximum absolute atomic E-state index is 12.6. The van der Waals surface area contributed by atoms with E-state index in [4.69, 9.17) is 0 Å². The van der Waals surface area contributed by atoms with E-state index < -0.39 is 0 Å². The summed E-state index contributed by atoms with van der Waals surface area (Å²) in [6, 6.07) is 10.3. The van der Waals surface area contributed by atoms with Crippen LogP contribution < -0.4 is 9.80 Å². The quantitative estimate of drug-likeness (QED) is 0.864. The van der Waals surface area contributed by atoms with Crippen LogP contribution in [0.3, 0.4) is 0 Å². The van der Waals surface area contributed by atoms with Crippen molar-refractivity contribution >= 4 is 29.0 Å². The molecule has 1 amide bonds. The lowest BCUT2D eigenvalue weighted by Gasteiger charge is -2.28. The molecule has 1 aliphatic rings. The summed E-state index contributed by atoms with van der Waals surface area (Å²) in [5.41, 5.74) is 3.32. The van der Waals surface area contributed by atoms with E-state index in [1.807, 2.05) is 31.1 Å². The van der Waals surface area contributed by atoms with Crippen LogP contribution in [-0.2, 0) is 11.2 Å². The van der Waals surface area contributed by atoms with Crippen LogP contribution in [0.15, 0.2) is 47.6 Å². The molecule has 2 aromatic rings. The number of rotatable bonds is 4. The molecule has 0 saturated heterocycles. The fraction of sp³-hybridized carbons (Fsp3) is 0.333. The number of thioether (sulfide) groups is 1. The Labute approximate surface area is 141 Å². The van der Waals surface area contributed by atoms with E-state index in [2.05, 4.69) is 28.1 Å². The number of carbonyl (C=O) groups excluding carboxylic acids is 1. The molecule has 0 fully saturated rings. The maximum Gasteiger partial charge on any atom is 0.227 e. The second-order valence-electron chi connectivity index (χ2n) is 5.80. The summed E-state index contributed by atoms with van der Waals surface area (Å²) < 4.78 is 0. The molecule has 120 valence electrons. The molecule has 5 heteroatoms. The molecule has 1 aromatic carbocycles. The van der Waals surface area contributed by atoms with Gasteiger partial charge in [0.1, 0.15) is 0 Å². The van der Waals surface area contributed by atoms with Crippen molar-refractivity contribution < 1.29 is 4.79 Å². The highest BCUT2D eigenvalue weighted by atomic mass is 32.2. The summed E-state index contributed by atoms with van der Waals surface area (Å²) in [6.07, 6.45) is 4.87. The highest BCUT2D eigenvalue weighted by Crippen LogP contribution is 2.34. The Bertz CT molecular complexity index is 702. The zero-order chi connectivity index (χ0) is 16.2. The standard InChI is InChI=1S/C18H21N3OS/c1-20(2)15-5-3-4-14(12-15)6-7-18(22)21-10-11-23-17-8-9-19-13-16(17)21/h3-5,8-9,12-13H,6-7,10-11H2,1-2H3. The van der Waals surface area contributed by atoms with Crippen LogP contribution in [0.25, 0.3) is 0 Å². The van der Waals surface area contributed by atoms with Crippen LogP contribution in [0.4, 0.5) is 11.4 Å². The van der Waals surface area contributed by atoms with Gasteiger partial charge in [-0.25, -0.2) is 0 Å². The molecule has 0 spiro atoms. The monoisotopic (exact) mass is 327 g/mol. The van der Waals surface area contributed by atoms with Gasteiger partial charge in [0.15, 0.2) is 0 Å². The van der Waals surface area contributed by atoms with Crippen molar-refractivity contribution in [2.24, 2.45) is 0 Å². The van der Waals surface area contributed by atoms with Crippen molar-refractivity contribution in [1.82, 2.24) is 4.98 Å². The molecule has 1 aliphatic heterocycles. The van der Waals surface area contributed by atoms with Gasteiger partial charge in [0, 0.05) is 49.6 Å². The highest BCUT2D eigenvalue weighted by Gasteiger charge is 2.22. The van der Waals surface area contributed by atoms with Crippen LogP contribution >= 0.6 is 11.8 Å². The molecule has 0 atom stereocenters. The van der Waals surface area contributed by atoms with Gasteiger partial charge in [0.2, 0.25) is 5.91 Å². The van der Waals surface area contributed by atoms with Gasteiger partial charge in [0.25, 0.3) is 0 Å². The van der Waals surface area contributed by atoms with Crippen molar-refractivity contribution in [3.05, 3.63) is 48.3 Å². The van der Waals surface area contributed by atoms with Crippen molar-refractivity contribution in [3.8, 4) is 0 Å². The summed E-state index contributed by atoms with van der Waals surface area (Å²) in [7, 11) is 4.05. The fourth-order valence-corrected chi connectivity index (χ4v) is 3.66. The minimum Gasteiger partial charge on any atom is -0.378 e. The number of fused-ring (bicyclic) bond motifs is 1. The normalized spacial score (nSPS) is 13.6. The summed E-state index contributed by atoms with van der Waals surface area (Å²) in [5, 5.41) is 0. The third kappa shape index (κ3) is 3.67. The molecule has 0 aliphatic carbocycles. The molecule has 4 nitrogen and oxygen atoms in total. The Kier molecular flexibility index (Phi) is 4.86. The highest BCUT2D eigenvalue weighted by molar-refractivity contribution is 7.99. The van der Waals surface area contributed by atoms with Crippen molar-refractivity contribution in [1.29, 1.82) is 0 Å². The van der Waals surface area contributed by atoms with Crippen molar-refractivity contribution in [2.75, 3.05) is 36.2 Å². The molecule has 0 saturated carbocycles. The Hall–Kier alpha value is -2.01. The molecule has 0 unspecified atom stereocenters. The van der Waals surface area contributed by atoms with E-state index in [0.29, 0.717) is 6.42 Å². The van der Waals surface area contributed by atoms with Crippen LogP contribution in [-0.4, -0.2) is 37.3 Å². The van der Waals surface area contributed by atoms with E-state index in [0.717, 1.165) is 29.3 Å². The molecule has 0 radical (unpaired) electrons. The molecular formula is C18H21N3OS. The maximum atomic E-state index is 12.6. The lowest BCUT2D eigenvalue weighted by atomic mass is 10.1. The molecule has 2 heterocycles.